The molecule has 0 radical (unpaired) electrons. The number of rotatable bonds is 3. The molecule has 0 saturated carbocycles. The highest BCUT2D eigenvalue weighted by atomic mass is 79.9. The SMILES string of the molecule is Fc1ccc([C@H]2CO[C@@](CBr)(c3ccc(Cl)cc3)O2)cc1. The van der Waals surface area contributed by atoms with E-state index in [2.05, 4.69) is 15.9 Å². The van der Waals surface area contributed by atoms with Gasteiger partial charge in [-0.05, 0) is 29.8 Å². The van der Waals surface area contributed by atoms with Crippen LogP contribution in [0.4, 0.5) is 4.39 Å². The Labute approximate surface area is 136 Å². The lowest BCUT2D eigenvalue weighted by Gasteiger charge is -2.26. The Morgan fingerprint density at radius 2 is 1.81 bits per heavy atom. The van der Waals surface area contributed by atoms with E-state index < -0.39 is 5.79 Å². The minimum Gasteiger partial charge on any atom is -0.342 e. The first-order valence-corrected chi connectivity index (χ1v) is 8.02. The average molecular weight is 372 g/mol. The van der Waals surface area contributed by atoms with Crippen molar-refractivity contribution in [1.29, 1.82) is 0 Å². The fraction of sp³-hybridized carbons (Fsp3) is 0.250. The van der Waals surface area contributed by atoms with E-state index in [1.54, 1.807) is 24.3 Å². The molecule has 0 unspecified atom stereocenters. The van der Waals surface area contributed by atoms with Crippen molar-refractivity contribution in [2.45, 2.75) is 11.9 Å². The molecule has 1 aliphatic heterocycles. The van der Waals surface area contributed by atoms with Gasteiger partial charge in [-0.1, -0.05) is 51.8 Å². The quantitative estimate of drug-likeness (QED) is 0.721. The molecule has 0 spiro atoms. The Bertz CT molecular complexity index is 617. The van der Waals surface area contributed by atoms with Gasteiger partial charge in [-0.3, -0.25) is 0 Å². The molecule has 1 fully saturated rings. The molecular weight excluding hydrogens is 359 g/mol. The van der Waals surface area contributed by atoms with E-state index in [4.69, 9.17) is 21.1 Å². The zero-order valence-electron chi connectivity index (χ0n) is 11.1. The third kappa shape index (κ3) is 2.99. The molecule has 0 aliphatic carbocycles. The summed E-state index contributed by atoms with van der Waals surface area (Å²) in [7, 11) is 0. The molecule has 1 aliphatic rings. The van der Waals surface area contributed by atoms with Gasteiger partial charge in [0.2, 0.25) is 5.79 Å². The summed E-state index contributed by atoms with van der Waals surface area (Å²) in [6.07, 6.45) is -0.223. The van der Waals surface area contributed by atoms with Crippen LogP contribution < -0.4 is 0 Å². The van der Waals surface area contributed by atoms with Gasteiger partial charge in [-0.2, -0.15) is 0 Å². The van der Waals surface area contributed by atoms with Crippen LogP contribution in [0, 0.1) is 5.82 Å². The molecule has 2 nitrogen and oxygen atoms in total. The first-order valence-electron chi connectivity index (χ1n) is 6.52. The number of halogens is 3. The molecule has 2 aromatic rings. The zero-order chi connectivity index (χ0) is 14.9. The van der Waals surface area contributed by atoms with Crippen molar-refractivity contribution in [3.05, 3.63) is 70.5 Å². The summed E-state index contributed by atoms with van der Waals surface area (Å²) >= 11 is 9.37. The first-order chi connectivity index (χ1) is 10.1. The monoisotopic (exact) mass is 370 g/mol. The molecule has 5 heteroatoms. The third-order valence-electron chi connectivity index (χ3n) is 3.50. The van der Waals surface area contributed by atoms with Crippen LogP contribution in [0.3, 0.4) is 0 Å². The standard InChI is InChI=1S/C16H13BrClFO2/c17-10-16(12-3-5-13(18)6-4-12)20-9-15(21-16)11-1-7-14(19)8-2-11/h1-8,15H,9-10H2/t15-,16-/m1/s1. The van der Waals surface area contributed by atoms with Gasteiger partial charge in [-0.15, -0.1) is 0 Å². The fourth-order valence-corrected chi connectivity index (χ4v) is 3.10. The molecule has 0 amide bonds. The Morgan fingerprint density at radius 3 is 2.43 bits per heavy atom. The molecule has 0 bridgehead atoms. The van der Waals surface area contributed by atoms with Crippen LogP contribution in [-0.2, 0) is 15.3 Å². The van der Waals surface area contributed by atoms with Gasteiger partial charge in [-0.25, -0.2) is 4.39 Å². The van der Waals surface area contributed by atoms with Gasteiger partial charge < -0.3 is 9.47 Å². The van der Waals surface area contributed by atoms with Crippen LogP contribution >= 0.6 is 27.5 Å². The molecule has 110 valence electrons. The summed E-state index contributed by atoms with van der Waals surface area (Å²) in [5.74, 6) is -1.11. The van der Waals surface area contributed by atoms with Crippen molar-refractivity contribution in [2.75, 3.05) is 11.9 Å². The lowest BCUT2D eigenvalue weighted by atomic mass is 10.1. The minimum absolute atomic E-state index is 0.223. The van der Waals surface area contributed by atoms with E-state index in [0.717, 1.165) is 11.1 Å². The summed E-state index contributed by atoms with van der Waals surface area (Å²) in [6, 6.07) is 13.7. The van der Waals surface area contributed by atoms with E-state index in [0.29, 0.717) is 17.0 Å². The van der Waals surface area contributed by atoms with Crippen LogP contribution in [0.5, 0.6) is 0 Å². The number of benzene rings is 2. The van der Waals surface area contributed by atoms with Crippen LogP contribution in [0.15, 0.2) is 48.5 Å². The van der Waals surface area contributed by atoms with E-state index >= 15 is 0 Å². The molecule has 21 heavy (non-hydrogen) atoms. The maximum Gasteiger partial charge on any atom is 0.205 e. The minimum atomic E-state index is -0.844. The van der Waals surface area contributed by atoms with Crippen LogP contribution in [0.25, 0.3) is 0 Å². The molecule has 1 saturated heterocycles. The number of alkyl halides is 1. The molecule has 3 rings (SSSR count). The Kier molecular flexibility index (Phi) is 4.31. The molecular formula is C16H13BrClFO2. The molecule has 0 aromatic heterocycles. The van der Waals surface area contributed by atoms with E-state index in [-0.39, 0.29) is 11.9 Å². The van der Waals surface area contributed by atoms with Gasteiger partial charge >= 0.3 is 0 Å². The fourth-order valence-electron chi connectivity index (χ4n) is 2.35. The highest BCUT2D eigenvalue weighted by Gasteiger charge is 2.42. The van der Waals surface area contributed by atoms with Crippen molar-refractivity contribution in [2.24, 2.45) is 0 Å². The second-order valence-corrected chi connectivity index (χ2v) is 5.86. The Hall–Kier alpha value is -0.940. The van der Waals surface area contributed by atoms with Crippen LogP contribution in [-0.4, -0.2) is 11.9 Å². The highest BCUT2D eigenvalue weighted by molar-refractivity contribution is 9.09. The van der Waals surface area contributed by atoms with Crippen molar-refractivity contribution in [3.63, 3.8) is 0 Å². The second-order valence-electron chi connectivity index (χ2n) is 4.86. The Morgan fingerprint density at radius 1 is 1.14 bits per heavy atom. The average Bonchev–Trinajstić information content (AvgIpc) is 2.94. The zero-order valence-corrected chi connectivity index (χ0v) is 13.4. The van der Waals surface area contributed by atoms with Crippen molar-refractivity contribution in [1.82, 2.24) is 0 Å². The van der Waals surface area contributed by atoms with Gasteiger partial charge in [0.25, 0.3) is 0 Å². The smallest absolute Gasteiger partial charge is 0.205 e. The van der Waals surface area contributed by atoms with E-state index in [1.165, 1.54) is 12.1 Å². The third-order valence-corrected chi connectivity index (χ3v) is 4.49. The maximum absolute atomic E-state index is 13.0. The molecule has 0 N–H and O–H groups in total. The van der Waals surface area contributed by atoms with Crippen LogP contribution in [0.2, 0.25) is 5.02 Å². The lowest BCUT2D eigenvalue weighted by molar-refractivity contribution is -0.157. The highest BCUT2D eigenvalue weighted by Crippen LogP contribution is 2.41. The summed E-state index contributed by atoms with van der Waals surface area (Å²) in [4.78, 5) is 0. The largest absolute Gasteiger partial charge is 0.342 e. The lowest BCUT2D eigenvalue weighted by Crippen LogP contribution is -2.29. The predicted octanol–water partition coefficient (Wildman–Crippen LogP) is 4.81. The number of ether oxygens (including phenoxy) is 2. The summed E-state index contributed by atoms with van der Waals surface area (Å²) in [5, 5.41) is 1.16. The second kappa shape index (κ2) is 6.05. The molecule has 2 atom stereocenters. The number of hydrogen-bond acceptors (Lipinski definition) is 2. The summed E-state index contributed by atoms with van der Waals surface area (Å²) in [6.45, 7) is 0.417. The van der Waals surface area contributed by atoms with Crippen molar-refractivity contribution < 1.29 is 13.9 Å². The summed E-state index contributed by atoms with van der Waals surface area (Å²) in [5.41, 5.74) is 1.79. The Balaban J connectivity index is 1.85. The maximum atomic E-state index is 13.0. The van der Waals surface area contributed by atoms with Crippen molar-refractivity contribution in [3.8, 4) is 0 Å². The normalized spacial score (nSPS) is 25.2. The van der Waals surface area contributed by atoms with Crippen LogP contribution in [0.1, 0.15) is 17.2 Å². The van der Waals surface area contributed by atoms with E-state index in [9.17, 15) is 4.39 Å². The first kappa shape index (κ1) is 15.0. The molecule has 2 aromatic carbocycles. The molecule has 1 heterocycles. The van der Waals surface area contributed by atoms with E-state index in [1.807, 2.05) is 12.1 Å². The van der Waals surface area contributed by atoms with Gasteiger partial charge in [0, 0.05) is 10.6 Å². The predicted molar refractivity (Wildman–Crippen MR) is 83.1 cm³/mol. The summed E-state index contributed by atoms with van der Waals surface area (Å²) < 4.78 is 25.0. The van der Waals surface area contributed by atoms with Gasteiger partial charge in [0.05, 0.1) is 11.9 Å². The van der Waals surface area contributed by atoms with Crippen molar-refractivity contribution >= 4 is 27.5 Å². The van der Waals surface area contributed by atoms with Gasteiger partial charge in [0.1, 0.15) is 11.9 Å². The number of hydrogen-bond donors (Lipinski definition) is 0. The van der Waals surface area contributed by atoms with Gasteiger partial charge in [0.15, 0.2) is 0 Å². The topological polar surface area (TPSA) is 18.5 Å².